The van der Waals surface area contributed by atoms with Crippen LogP contribution in [-0.2, 0) is 9.47 Å². The minimum Gasteiger partial charge on any atom is -0.494 e. The van der Waals surface area contributed by atoms with Crippen LogP contribution in [0.15, 0.2) is 48.5 Å². The number of rotatable bonds is 6. The van der Waals surface area contributed by atoms with Crippen LogP contribution in [0.25, 0.3) is 11.4 Å². The van der Waals surface area contributed by atoms with Crippen molar-refractivity contribution in [1.29, 1.82) is 0 Å². The van der Waals surface area contributed by atoms with E-state index in [-0.39, 0.29) is 24.6 Å². The van der Waals surface area contributed by atoms with E-state index in [9.17, 15) is 29.4 Å². The quantitative estimate of drug-likeness (QED) is 0.301. The Bertz CT molecular complexity index is 1580. The predicted octanol–water partition coefficient (Wildman–Crippen LogP) is 4.42. The van der Waals surface area contributed by atoms with Crippen molar-refractivity contribution in [2.24, 2.45) is 0 Å². The summed E-state index contributed by atoms with van der Waals surface area (Å²) >= 11 is 0. The third-order valence-electron chi connectivity index (χ3n) is 6.72. The van der Waals surface area contributed by atoms with Crippen molar-refractivity contribution in [2.75, 3.05) is 13.2 Å². The fourth-order valence-electron chi connectivity index (χ4n) is 4.91. The first-order valence-corrected chi connectivity index (χ1v) is 12.6. The summed E-state index contributed by atoms with van der Waals surface area (Å²) < 4.78 is 12.4. The van der Waals surface area contributed by atoms with E-state index in [0.29, 0.717) is 11.4 Å². The standard InChI is InChI=1S/C30H26N2O8/c1-5-39-29(37)21-19-23(31(27(21)35)17-11-7-15(3)8-12-17)26(34)20-22(30(38)40-6-2)28(36)32(24(20)25(19)33)18-13-9-16(4)10-14-18/h7-14,35-36H,5-6H2,1-4H3. The number of hydrogen-bond acceptors (Lipinski definition) is 8. The van der Waals surface area contributed by atoms with Gasteiger partial charge in [-0.25, -0.2) is 9.59 Å². The third kappa shape index (κ3) is 3.87. The second-order valence-corrected chi connectivity index (χ2v) is 9.29. The maximum Gasteiger partial charge on any atom is 0.344 e. The Hall–Kier alpha value is -5.12. The molecule has 4 aromatic rings. The number of benzene rings is 2. The maximum absolute atomic E-state index is 14.3. The molecule has 0 radical (unpaired) electrons. The molecular weight excluding hydrogens is 516 g/mol. The van der Waals surface area contributed by atoms with Crippen molar-refractivity contribution in [2.45, 2.75) is 27.7 Å². The fraction of sp³-hybridized carbons (Fsp3) is 0.200. The normalized spacial score (nSPS) is 12.2. The average Bonchev–Trinajstić information content (AvgIpc) is 3.41. The lowest BCUT2D eigenvalue weighted by atomic mass is 9.88. The molecule has 1 aliphatic carbocycles. The summed E-state index contributed by atoms with van der Waals surface area (Å²) in [6, 6.07) is 13.4. The van der Waals surface area contributed by atoms with Crippen LogP contribution in [0.5, 0.6) is 11.8 Å². The monoisotopic (exact) mass is 542 g/mol. The van der Waals surface area contributed by atoms with Gasteiger partial charge in [-0.1, -0.05) is 35.4 Å². The molecule has 2 N–H and O–H groups in total. The number of ketones is 2. The Labute approximate surface area is 229 Å². The van der Waals surface area contributed by atoms with Gasteiger partial charge in [0.15, 0.2) is 0 Å². The van der Waals surface area contributed by atoms with E-state index >= 15 is 0 Å². The highest BCUT2D eigenvalue weighted by molar-refractivity contribution is 6.33. The van der Waals surface area contributed by atoms with Crippen molar-refractivity contribution in [1.82, 2.24) is 9.13 Å². The van der Waals surface area contributed by atoms with Crippen LogP contribution >= 0.6 is 0 Å². The van der Waals surface area contributed by atoms with Crippen LogP contribution < -0.4 is 0 Å². The lowest BCUT2D eigenvalue weighted by Crippen LogP contribution is -2.26. The lowest BCUT2D eigenvalue weighted by molar-refractivity contribution is 0.0510. The molecule has 0 saturated heterocycles. The summed E-state index contributed by atoms with van der Waals surface area (Å²) in [5.74, 6) is -5.06. The lowest BCUT2D eigenvalue weighted by Gasteiger charge is -2.18. The van der Waals surface area contributed by atoms with Gasteiger partial charge in [0, 0.05) is 11.4 Å². The Kier molecular flexibility index (Phi) is 6.54. The first kappa shape index (κ1) is 26.5. The van der Waals surface area contributed by atoms with Crippen LogP contribution in [-0.4, -0.2) is 56.1 Å². The van der Waals surface area contributed by atoms with Gasteiger partial charge >= 0.3 is 11.9 Å². The predicted molar refractivity (Wildman–Crippen MR) is 143 cm³/mol. The average molecular weight is 543 g/mol. The van der Waals surface area contributed by atoms with Crippen LogP contribution in [0.3, 0.4) is 0 Å². The summed E-state index contributed by atoms with van der Waals surface area (Å²) in [5.41, 5.74) is -0.0783. The summed E-state index contributed by atoms with van der Waals surface area (Å²) in [4.78, 5) is 54.7. The van der Waals surface area contributed by atoms with E-state index in [1.165, 1.54) is 0 Å². The summed E-state index contributed by atoms with van der Waals surface area (Å²) in [5, 5.41) is 22.6. The van der Waals surface area contributed by atoms with Crippen LogP contribution in [0, 0.1) is 13.8 Å². The second kappa shape index (κ2) is 9.88. The number of hydrogen-bond donors (Lipinski definition) is 2. The summed E-state index contributed by atoms with van der Waals surface area (Å²) in [6.45, 7) is 6.72. The smallest absolute Gasteiger partial charge is 0.344 e. The second-order valence-electron chi connectivity index (χ2n) is 9.29. The van der Waals surface area contributed by atoms with Crippen molar-refractivity contribution in [3.63, 3.8) is 0 Å². The SMILES string of the molecule is CCOC(=O)c1c2c(n(-c3ccc(C)cc3)c1O)C(=O)c1c(C(=O)OCC)c(O)n(-c3ccc(C)cc3)c1C2=O. The zero-order valence-electron chi connectivity index (χ0n) is 22.3. The first-order chi connectivity index (χ1) is 19.1. The molecular formula is C30H26N2O8. The van der Waals surface area contributed by atoms with E-state index in [1.807, 2.05) is 13.8 Å². The molecule has 0 atom stereocenters. The molecule has 5 rings (SSSR count). The molecule has 0 amide bonds. The highest BCUT2D eigenvalue weighted by Crippen LogP contribution is 2.44. The van der Waals surface area contributed by atoms with E-state index in [4.69, 9.17) is 9.47 Å². The van der Waals surface area contributed by atoms with Crippen LogP contribution in [0.4, 0.5) is 0 Å². The summed E-state index contributed by atoms with van der Waals surface area (Å²) in [6.07, 6.45) is 0. The van der Waals surface area contributed by atoms with E-state index in [1.54, 1.807) is 62.4 Å². The Balaban J connectivity index is 1.89. The van der Waals surface area contributed by atoms with Gasteiger partial charge in [-0.2, -0.15) is 0 Å². The molecule has 0 fully saturated rings. The van der Waals surface area contributed by atoms with Gasteiger partial charge < -0.3 is 19.7 Å². The van der Waals surface area contributed by atoms with Crippen LogP contribution in [0.1, 0.15) is 77.8 Å². The van der Waals surface area contributed by atoms with Crippen molar-refractivity contribution >= 4 is 23.5 Å². The third-order valence-corrected chi connectivity index (χ3v) is 6.72. The van der Waals surface area contributed by atoms with Crippen molar-refractivity contribution < 1.29 is 38.9 Å². The minimum absolute atomic E-state index is 0.0519. The summed E-state index contributed by atoms with van der Waals surface area (Å²) in [7, 11) is 0. The minimum atomic E-state index is -1.00. The molecule has 0 unspecified atom stereocenters. The number of aryl methyl sites for hydroxylation is 2. The number of esters is 2. The first-order valence-electron chi connectivity index (χ1n) is 12.6. The van der Waals surface area contributed by atoms with Gasteiger partial charge in [-0.15, -0.1) is 0 Å². The van der Waals surface area contributed by atoms with Gasteiger partial charge in [-0.3, -0.25) is 18.7 Å². The molecule has 40 heavy (non-hydrogen) atoms. The zero-order valence-corrected chi connectivity index (χ0v) is 22.3. The molecule has 0 spiro atoms. The Morgan fingerprint density at radius 1 is 0.650 bits per heavy atom. The van der Waals surface area contributed by atoms with Gasteiger partial charge in [-0.05, 0) is 52.0 Å². The molecule has 2 aromatic carbocycles. The largest absolute Gasteiger partial charge is 0.494 e. The van der Waals surface area contributed by atoms with Crippen molar-refractivity contribution in [3.8, 4) is 23.1 Å². The molecule has 0 bridgehead atoms. The Morgan fingerprint density at radius 2 is 0.975 bits per heavy atom. The molecule has 204 valence electrons. The Morgan fingerprint density at radius 3 is 1.27 bits per heavy atom. The van der Waals surface area contributed by atoms with Gasteiger partial charge in [0.05, 0.1) is 24.3 Å². The number of carbonyl (C=O) groups excluding carboxylic acids is 4. The molecule has 10 nitrogen and oxygen atoms in total. The van der Waals surface area contributed by atoms with E-state index in [0.717, 1.165) is 20.3 Å². The topological polar surface area (TPSA) is 137 Å². The molecule has 2 heterocycles. The van der Waals surface area contributed by atoms with Gasteiger partial charge in [0.2, 0.25) is 23.3 Å². The number of ether oxygens (including phenoxy) is 2. The zero-order chi connectivity index (χ0) is 28.9. The number of aromatic nitrogens is 2. The highest BCUT2D eigenvalue weighted by Gasteiger charge is 2.47. The number of carbonyl (C=O) groups is 4. The molecule has 0 aliphatic heterocycles. The molecule has 2 aromatic heterocycles. The maximum atomic E-state index is 14.3. The number of aromatic hydroxyl groups is 2. The molecule has 0 saturated carbocycles. The van der Waals surface area contributed by atoms with Gasteiger partial charge in [0.25, 0.3) is 0 Å². The molecule has 10 heteroatoms. The van der Waals surface area contributed by atoms with E-state index < -0.39 is 57.5 Å². The number of nitrogens with zero attached hydrogens (tertiary/aromatic N) is 2. The van der Waals surface area contributed by atoms with Gasteiger partial charge in [0.1, 0.15) is 22.5 Å². The molecule has 1 aliphatic rings. The van der Waals surface area contributed by atoms with Crippen molar-refractivity contribution in [3.05, 3.63) is 93.3 Å². The number of fused-ring (bicyclic) bond motifs is 2. The fourth-order valence-corrected chi connectivity index (χ4v) is 4.91. The van der Waals surface area contributed by atoms with Crippen LogP contribution in [0.2, 0.25) is 0 Å². The van der Waals surface area contributed by atoms with E-state index in [2.05, 4.69) is 0 Å². The highest BCUT2D eigenvalue weighted by atomic mass is 16.5.